The average molecular weight is 458 g/mol. The van der Waals surface area contributed by atoms with Gasteiger partial charge in [-0.25, -0.2) is 4.79 Å². The molecule has 3 saturated heterocycles. The van der Waals surface area contributed by atoms with Gasteiger partial charge in [0.05, 0.1) is 37.8 Å². The predicted octanol–water partition coefficient (Wildman–Crippen LogP) is 1.02. The first kappa shape index (κ1) is 22.0. The van der Waals surface area contributed by atoms with Crippen LogP contribution in [0.15, 0.2) is 18.2 Å². The lowest BCUT2D eigenvalue weighted by Gasteiger charge is -2.33. The molecule has 0 spiro atoms. The maximum Gasteiger partial charge on any atom is 0.325 e. The summed E-state index contributed by atoms with van der Waals surface area (Å²) in [6.45, 7) is 7.16. The number of imide groups is 1. The molecule has 1 aliphatic carbocycles. The van der Waals surface area contributed by atoms with Gasteiger partial charge >= 0.3 is 6.03 Å². The average Bonchev–Trinajstić information content (AvgIpc) is 3.66. The third-order valence-electron chi connectivity index (χ3n) is 6.98. The van der Waals surface area contributed by atoms with Gasteiger partial charge in [0.25, 0.3) is 5.91 Å². The first-order chi connectivity index (χ1) is 16.0. The smallest absolute Gasteiger partial charge is 0.325 e. The summed E-state index contributed by atoms with van der Waals surface area (Å²) in [5.74, 6) is -0.559. The van der Waals surface area contributed by atoms with E-state index in [1.54, 1.807) is 6.92 Å². The second kappa shape index (κ2) is 8.83. The third kappa shape index (κ3) is 4.37. The molecule has 10 nitrogen and oxygen atoms in total. The summed E-state index contributed by atoms with van der Waals surface area (Å²) < 4.78 is 11.0. The standard InChI is InChI=1S/C23H31N5O5/c1-23(16-2-3-16)21(30)28(22(31)25-23)15-20(29)24-18-5-4-17(26-6-10-32-11-7-26)14-19(18)27-8-12-33-13-9-27/h4-5,14,16H,2-3,6-13,15H2,1H3,(H,24,29)(H,25,31). The fraction of sp³-hybridized carbons (Fsp3) is 0.609. The van der Waals surface area contributed by atoms with Crippen LogP contribution in [0.5, 0.6) is 0 Å². The molecule has 3 heterocycles. The van der Waals surface area contributed by atoms with Crippen molar-refractivity contribution in [3.05, 3.63) is 18.2 Å². The molecule has 5 rings (SSSR count). The Bertz CT molecular complexity index is 939. The number of carbonyl (C=O) groups excluding carboxylic acids is 3. The van der Waals surface area contributed by atoms with Crippen molar-refractivity contribution >= 4 is 34.9 Å². The Balaban J connectivity index is 1.33. The first-order valence-electron chi connectivity index (χ1n) is 11.7. The molecule has 178 valence electrons. The van der Waals surface area contributed by atoms with Crippen LogP contribution in [0.2, 0.25) is 0 Å². The lowest BCUT2D eigenvalue weighted by molar-refractivity contribution is -0.134. The lowest BCUT2D eigenvalue weighted by Crippen LogP contribution is -2.46. The molecule has 4 amide bonds. The van der Waals surface area contributed by atoms with Crippen LogP contribution in [0, 0.1) is 5.92 Å². The van der Waals surface area contributed by atoms with E-state index in [2.05, 4.69) is 26.5 Å². The molecular formula is C23H31N5O5. The topological polar surface area (TPSA) is 103 Å². The van der Waals surface area contributed by atoms with Gasteiger partial charge in [0.15, 0.2) is 0 Å². The maximum atomic E-state index is 12.9. The number of carbonyl (C=O) groups is 3. The van der Waals surface area contributed by atoms with Crippen molar-refractivity contribution in [1.29, 1.82) is 0 Å². The zero-order valence-corrected chi connectivity index (χ0v) is 19.0. The van der Waals surface area contributed by atoms with E-state index < -0.39 is 17.5 Å². The van der Waals surface area contributed by atoms with Gasteiger partial charge in [-0.05, 0) is 43.9 Å². The minimum atomic E-state index is -0.893. The zero-order valence-electron chi connectivity index (χ0n) is 19.0. The van der Waals surface area contributed by atoms with Crippen molar-refractivity contribution in [2.75, 3.05) is 74.3 Å². The van der Waals surface area contributed by atoms with E-state index in [9.17, 15) is 14.4 Å². The monoisotopic (exact) mass is 457 g/mol. The molecule has 4 aliphatic rings. The number of nitrogens with one attached hydrogen (secondary N) is 2. The van der Waals surface area contributed by atoms with E-state index in [0.717, 1.165) is 55.3 Å². The van der Waals surface area contributed by atoms with Gasteiger partial charge in [-0.1, -0.05) is 0 Å². The number of anilines is 3. The number of benzene rings is 1. The quantitative estimate of drug-likeness (QED) is 0.615. The molecule has 1 atom stereocenters. The molecule has 33 heavy (non-hydrogen) atoms. The molecule has 0 aromatic heterocycles. The van der Waals surface area contributed by atoms with Gasteiger partial charge in [-0.2, -0.15) is 0 Å². The van der Waals surface area contributed by atoms with E-state index in [4.69, 9.17) is 9.47 Å². The molecule has 3 aliphatic heterocycles. The van der Waals surface area contributed by atoms with Crippen LogP contribution in [0.25, 0.3) is 0 Å². The molecule has 1 aromatic carbocycles. The van der Waals surface area contributed by atoms with Gasteiger partial charge in [-0.3, -0.25) is 14.5 Å². The van der Waals surface area contributed by atoms with Crippen molar-refractivity contribution in [3.63, 3.8) is 0 Å². The van der Waals surface area contributed by atoms with Gasteiger partial charge in [0.1, 0.15) is 12.1 Å². The largest absolute Gasteiger partial charge is 0.378 e. The summed E-state index contributed by atoms with van der Waals surface area (Å²) in [6.07, 6.45) is 1.84. The van der Waals surface area contributed by atoms with Crippen LogP contribution in [0.3, 0.4) is 0 Å². The molecular weight excluding hydrogens is 426 g/mol. The van der Waals surface area contributed by atoms with Gasteiger partial charge < -0.3 is 29.9 Å². The number of ether oxygens (including phenoxy) is 2. The lowest BCUT2D eigenvalue weighted by atomic mass is 9.96. The Morgan fingerprint density at radius 1 is 1.06 bits per heavy atom. The van der Waals surface area contributed by atoms with E-state index in [0.29, 0.717) is 32.1 Å². The van der Waals surface area contributed by atoms with Crippen molar-refractivity contribution in [3.8, 4) is 0 Å². The highest BCUT2D eigenvalue weighted by Crippen LogP contribution is 2.42. The normalized spacial score (nSPS) is 25.9. The minimum absolute atomic E-state index is 0.155. The van der Waals surface area contributed by atoms with Crippen molar-refractivity contribution in [2.45, 2.75) is 25.3 Å². The Labute approximate surface area is 193 Å². The molecule has 2 N–H and O–H groups in total. The summed E-state index contributed by atoms with van der Waals surface area (Å²) in [7, 11) is 0. The number of hydrogen-bond donors (Lipinski definition) is 2. The van der Waals surface area contributed by atoms with Crippen LogP contribution < -0.4 is 20.4 Å². The third-order valence-corrected chi connectivity index (χ3v) is 6.98. The summed E-state index contributed by atoms with van der Waals surface area (Å²) in [5.41, 5.74) is 1.76. The molecule has 0 bridgehead atoms. The van der Waals surface area contributed by atoms with Gasteiger partial charge in [0.2, 0.25) is 5.91 Å². The minimum Gasteiger partial charge on any atom is -0.378 e. The van der Waals surface area contributed by atoms with E-state index in [1.165, 1.54) is 0 Å². The molecule has 10 heteroatoms. The summed E-state index contributed by atoms with van der Waals surface area (Å²) >= 11 is 0. The van der Waals surface area contributed by atoms with Crippen molar-refractivity contribution in [2.24, 2.45) is 5.92 Å². The van der Waals surface area contributed by atoms with Crippen LogP contribution >= 0.6 is 0 Å². The molecule has 1 unspecified atom stereocenters. The molecule has 4 fully saturated rings. The van der Waals surface area contributed by atoms with E-state index >= 15 is 0 Å². The number of rotatable bonds is 6. The van der Waals surface area contributed by atoms with Gasteiger partial charge in [0, 0.05) is 31.9 Å². The maximum absolute atomic E-state index is 12.9. The number of amides is 4. The zero-order chi connectivity index (χ0) is 23.0. The Kier molecular flexibility index (Phi) is 5.88. The van der Waals surface area contributed by atoms with Crippen LogP contribution in [0.4, 0.5) is 21.9 Å². The second-order valence-corrected chi connectivity index (χ2v) is 9.25. The summed E-state index contributed by atoms with van der Waals surface area (Å²) in [4.78, 5) is 43.7. The first-order valence-corrected chi connectivity index (χ1v) is 11.7. The number of morpholine rings is 2. The fourth-order valence-electron chi connectivity index (χ4n) is 4.84. The van der Waals surface area contributed by atoms with E-state index in [-0.39, 0.29) is 18.4 Å². The predicted molar refractivity (Wildman–Crippen MR) is 123 cm³/mol. The highest BCUT2D eigenvalue weighted by atomic mass is 16.5. The second-order valence-electron chi connectivity index (χ2n) is 9.25. The van der Waals surface area contributed by atoms with Crippen molar-refractivity contribution < 1.29 is 23.9 Å². The Morgan fingerprint density at radius 3 is 2.33 bits per heavy atom. The Morgan fingerprint density at radius 2 is 1.70 bits per heavy atom. The molecule has 1 saturated carbocycles. The number of hydrogen-bond acceptors (Lipinski definition) is 7. The Hall–Kier alpha value is -2.85. The van der Waals surface area contributed by atoms with Crippen LogP contribution in [-0.4, -0.2) is 87.4 Å². The SMILES string of the molecule is CC1(C2CC2)NC(=O)N(CC(=O)Nc2ccc(N3CCOCC3)cc2N2CCOCC2)C1=O. The summed E-state index contributed by atoms with van der Waals surface area (Å²) in [6, 6.07) is 5.47. The van der Waals surface area contributed by atoms with Gasteiger partial charge in [-0.15, -0.1) is 0 Å². The van der Waals surface area contributed by atoms with E-state index in [1.807, 2.05) is 12.1 Å². The van der Waals surface area contributed by atoms with Crippen LogP contribution in [-0.2, 0) is 19.1 Å². The number of nitrogens with zero attached hydrogens (tertiary/aromatic N) is 3. The summed E-state index contributed by atoms with van der Waals surface area (Å²) in [5, 5.41) is 5.73. The highest BCUT2D eigenvalue weighted by molar-refractivity contribution is 6.10. The fourth-order valence-corrected chi connectivity index (χ4v) is 4.84. The van der Waals surface area contributed by atoms with Crippen molar-refractivity contribution in [1.82, 2.24) is 10.2 Å². The number of urea groups is 1. The molecule has 0 radical (unpaired) electrons. The van der Waals surface area contributed by atoms with Crippen LogP contribution in [0.1, 0.15) is 19.8 Å². The molecule has 1 aromatic rings. The highest BCUT2D eigenvalue weighted by Gasteiger charge is 2.56.